The molecule has 110 valence electrons. The number of rotatable bonds is 2. The molecule has 1 aliphatic carbocycles. The molecule has 21 heavy (non-hydrogen) atoms. The van der Waals surface area contributed by atoms with Crippen molar-refractivity contribution in [1.29, 1.82) is 0 Å². The van der Waals surface area contributed by atoms with Gasteiger partial charge < -0.3 is 10.3 Å². The summed E-state index contributed by atoms with van der Waals surface area (Å²) in [6.07, 6.45) is 4.14. The fourth-order valence-corrected chi connectivity index (χ4v) is 4.93. The summed E-state index contributed by atoms with van der Waals surface area (Å²) in [5.74, 6) is 2.01. The minimum atomic E-state index is -0.414. The molecule has 3 aromatic heterocycles. The molecule has 0 unspecified atom stereocenters. The Morgan fingerprint density at radius 1 is 1.33 bits per heavy atom. The van der Waals surface area contributed by atoms with Crippen molar-refractivity contribution in [1.82, 2.24) is 10.1 Å². The van der Waals surface area contributed by atoms with Crippen LogP contribution in [0, 0.1) is 5.92 Å². The number of fused-ring (bicyclic) bond motifs is 1. The van der Waals surface area contributed by atoms with Crippen LogP contribution in [-0.4, -0.2) is 10.1 Å². The van der Waals surface area contributed by atoms with Crippen LogP contribution in [0.2, 0.25) is 0 Å². The molecule has 0 radical (unpaired) electrons. The lowest BCUT2D eigenvalue weighted by atomic mass is 9.77. The van der Waals surface area contributed by atoms with E-state index in [1.54, 1.807) is 22.7 Å². The van der Waals surface area contributed by atoms with Crippen molar-refractivity contribution in [3.8, 4) is 10.8 Å². The maximum atomic E-state index is 6.51. The lowest BCUT2D eigenvalue weighted by Crippen LogP contribution is -2.41. The third kappa shape index (κ3) is 2.31. The molecule has 0 saturated heterocycles. The monoisotopic (exact) mass is 319 g/mol. The second-order valence-corrected chi connectivity index (χ2v) is 8.05. The highest BCUT2D eigenvalue weighted by molar-refractivity contribution is 7.28. The Hall–Kier alpha value is -1.24. The summed E-state index contributed by atoms with van der Waals surface area (Å²) in [4.78, 5) is 5.62. The van der Waals surface area contributed by atoms with Crippen molar-refractivity contribution in [3.05, 3.63) is 23.3 Å². The van der Waals surface area contributed by atoms with Gasteiger partial charge in [-0.05, 0) is 49.1 Å². The molecular weight excluding hydrogens is 302 g/mol. The van der Waals surface area contributed by atoms with Gasteiger partial charge in [0.2, 0.25) is 0 Å². The van der Waals surface area contributed by atoms with Crippen molar-refractivity contribution in [2.75, 3.05) is 0 Å². The molecule has 0 amide bonds. The van der Waals surface area contributed by atoms with Gasteiger partial charge >= 0.3 is 0 Å². The van der Waals surface area contributed by atoms with Crippen molar-refractivity contribution in [2.24, 2.45) is 11.7 Å². The quantitative estimate of drug-likeness (QED) is 0.761. The highest BCUT2D eigenvalue weighted by atomic mass is 32.1. The van der Waals surface area contributed by atoms with E-state index in [-0.39, 0.29) is 0 Å². The molecule has 0 aromatic carbocycles. The van der Waals surface area contributed by atoms with Gasteiger partial charge in [-0.1, -0.05) is 12.1 Å². The smallest absolute Gasteiger partial charge is 0.268 e. The van der Waals surface area contributed by atoms with Crippen LogP contribution in [0.3, 0.4) is 0 Å². The number of hydrogen-bond acceptors (Lipinski definition) is 6. The molecule has 3 heterocycles. The van der Waals surface area contributed by atoms with E-state index in [1.807, 2.05) is 0 Å². The Balaban J connectivity index is 1.64. The molecule has 0 aliphatic heterocycles. The summed E-state index contributed by atoms with van der Waals surface area (Å²) in [6, 6.07) is 4.24. The van der Waals surface area contributed by atoms with Gasteiger partial charge in [0.05, 0.1) is 10.4 Å². The number of nitrogens with zero attached hydrogens (tertiary/aromatic N) is 2. The highest BCUT2D eigenvalue weighted by Crippen LogP contribution is 2.39. The van der Waals surface area contributed by atoms with Crippen LogP contribution in [0.5, 0.6) is 0 Å². The van der Waals surface area contributed by atoms with Crippen LogP contribution in [0.1, 0.15) is 38.4 Å². The van der Waals surface area contributed by atoms with E-state index in [0.29, 0.717) is 11.7 Å². The van der Waals surface area contributed by atoms with Crippen LogP contribution in [0.4, 0.5) is 0 Å². The average molecular weight is 319 g/mol. The summed E-state index contributed by atoms with van der Waals surface area (Å²) in [7, 11) is 0. The minimum absolute atomic E-state index is 0.414. The highest BCUT2D eigenvalue weighted by Gasteiger charge is 2.36. The van der Waals surface area contributed by atoms with E-state index in [4.69, 9.17) is 10.3 Å². The second-order valence-electron chi connectivity index (χ2n) is 6.02. The third-order valence-electron chi connectivity index (χ3n) is 4.39. The van der Waals surface area contributed by atoms with Gasteiger partial charge in [-0.25, -0.2) is 0 Å². The summed E-state index contributed by atoms with van der Waals surface area (Å²) in [6.45, 7) is 2.28. The first kappa shape index (κ1) is 13.4. The van der Waals surface area contributed by atoms with Gasteiger partial charge in [0.25, 0.3) is 5.89 Å². The normalized spacial score (nSPS) is 26.5. The summed E-state index contributed by atoms with van der Waals surface area (Å²) in [5.41, 5.74) is 6.10. The fourth-order valence-electron chi connectivity index (χ4n) is 2.90. The summed E-state index contributed by atoms with van der Waals surface area (Å²) in [5, 5.41) is 6.27. The van der Waals surface area contributed by atoms with E-state index in [2.05, 4.69) is 34.6 Å². The molecule has 0 atom stereocenters. The zero-order chi connectivity index (χ0) is 14.4. The molecular formula is C15H17N3OS2. The molecule has 6 heteroatoms. The largest absolute Gasteiger partial charge is 0.333 e. The molecule has 3 aromatic rings. The predicted molar refractivity (Wildman–Crippen MR) is 86.5 cm³/mol. The molecule has 2 N–H and O–H groups in total. The Morgan fingerprint density at radius 2 is 2.14 bits per heavy atom. The molecule has 4 nitrogen and oxygen atoms in total. The topological polar surface area (TPSA) is 64.9 Å². The molecule has 4 rings (SSSR count). The van der Waals surface area contributed by atoms with Crippen LogP contribution in [-0.2, 0) is 5.54 Å². The van der Waals surface area contributed by atoms with Crippen molar-refractivity contribution in [3.63, 3.8) is 0 Å². The van der Waals surface area contributed by atoms with Gasteiger partial charge in [0.1, 0.15) is 0 Å². The first-order valence-electron chi connectivity index (χ1n) is 7.24. The molecule has 1 aliphatic rings. The summed E-state index contributed by atoms with van der Waals surface area (Å²) >= 11 is 3.42. The second kappa shape index (κ2) is 4.90. The maximum Gasteiger partial charge on any atom is 0.268 e. The Bertz CT molecular complexity index is 736. The minimum Gasteiger partial charge on any atom is -0.333 e. The molecule has 1 saturated carbocycles. The van der Waals surface area contributed by atoms with Crippen molar-refractivity contribution < 1.29 is 4.52 Å². The molecule has 0 bridgehead atoms. The van der Waals surface area contributed by atoms with Gasteiger partial charge in [-0.15, -0.1) is 22.7 Å². The number of hydrogen-bond donors (Lipinski definition) is 1. The average Bonchev–Trinajstić information content (AvgIpc) is 3.14. The zero-order valence-electron chi connectivity index (χ0n) is 11.8. The zero-order valence-corrected chi connectivity index (χ0v) is 13.5. The Kier molecular flexibility index (Phi) is 3.13. The lowest BCUT2D eigenvalue weighted by Gasteiger charge is -2.33. The van der Waals surface area contributed by atoms with Crippen LogP contribution in [0.25, 0.3) is 20.2 Å². The molecule has 1 fully saturated rings. The van der Waals surface area contributed by atoms with E-state index in [0.717, 1.165) is 36.5 Å². The fraction of sp³-hybridized carbons (Fsp3) is 0.467. The van der Waals surface area contributed by atoms with Gasteiger partial charge in [-0.2, -0.15) is 4.98 Å². The SMILES string of the molecule is CC1CCC(N)(c2noc(-c3cc4sccc4s3)n2)CC1. The van der Waals surface area contributed by atoms with Crippen LogP contribution >= 0.6 is 22.7 Å². The number of nitrogens with two attached hydrogens (primary N) is 1. The van der Waals surface area contributed by atoms with Crippen molar-refractivity contribution >= 4 is 32.1 Å². The van der Waals surface area contributed by atoms with Crippen LogP contribution < -0.4 is 5.73 Å². The third-order valence-corrected chi connectivity index (χ3v) is 6.47. The van der Waals surface area contributed by atoms with Gasteiger partial charge in [0, 0.05) is 9.40 Å². The van der Waals surface area contributed by atoms with Crippen molar-refractivity contribution in [2.45, 2.75) is 38.1 Å². The number of aromatic nitrogens is 2. The van der Waals surface area contributed by atoms with Gasteiger partial charge in [0.15, 0.2) is 5.82 Å². The Labute approximate surface area is 131 Å². The number of thiophene rings is 2. The summed E-state index contributed by atoms with van der Waals surface area (Å²) < 4.78 is 8.00. The predicted octanol–water partition coefficient (Wildman–Crippen LogP) is 4.38. The Morgan fingerprint density at radius 3 is 2.90 bits per heavy atom. The van der Waals surface area contributed by atoms with Gasteiger partial charge in [-0.3, -0.25) is 0 Å². The van der Waals surface area contributed by atoms with Crippen LogP contribution in [0.15, 0.2) is 22.0 Å². The van der Waals surface area contributed by atoms with E-state index >= 15 is 0 Å². The van der Waals surface area contributed by atoms with E-state index in [1.165, 1.54) is 9.40 Å². The molecule has 0 spiro atoms. The van der Waals surface area contributed by atoms with E-state index < -0.39 is 5.54 Å². The maximum absolute atomic E-state index is 6.51. The first-order chi connectivity index (χ1) is 10.1. The van der Waals surface area contributed by atoms with E-state index in [9.17, 15) is 0 Å². The first-order valence-corrected chi connectivity index (χ1v) is 8.94. The standard InChI is InChI=1S/C15H17N3OS2/c1-9-2-5-15(16,6-3-9)14-17-13(19-18-14)12-8-11-10(21-12)4-7-20-11/h4,7-9H,2-3,5-6,16H2,1H3. The lowest BCUT2D eigenvalue weighted by molar-refractivity contribution is 0.230.